The second kappa shape index (κ2) is 4.83. The van der Waals surface area contributed by atoms with E-state index >= 15 is 0 Å². The number of hydrogen-bond acceptors (Lipinski definition) is 3. The van der Waals surface area contributed by atoms with Gasteiger partial charge in [-0.05, 0) is 23.3 Å². The van der Waals surface area contributed by atoms with Gasteiger partial charge in [0.1, 0.15) is 0 Å². The van der Waals surface area contributed by atoms with Crippen molar-refractivity contribution < 1.29 is 9.90 Å². The van der Waals surface area contributed by atoms with Crippen molar-refractivity contribution in [3.8, 4) is 0 Å². The van der Waals surface area contributed by atoms with Crippen molar-refractivity contribution in [3.63, 3.8) is 0 Å². The van der Waals surface area contributed by atoms with Gasteiger partial charge in [-0.3, -0.25) is 10.6 Å². The van der Waals surface area contributed by atoms with Crippen molar-refractivity contribution >= 4 is 23.3 Å². The quantitative estimate of drug-likeness (QED) is 0.402. The summed E-state index contributed by atoms with van der Waals surface area (Å²) in [4.78, 5) is 10.5. The first-order valence-electron chi connectivity index (χ1n) is 4.03. The highest BCUT2D eigenvalue weighted by Crippen LogP contribution is 2.17. The zero-order valence-electron chi connectivity index (χ0n) is 7.46. The first-order valence-corrected chi connectivity index (χ1v) is 4.57. The average molecular weight is 215 g/mol. The number of anilines is 1. The van der Waals surface area contributed by atoms with Crippen molar-refractivity contribution in [1.82, 2.24) is 0 Å². The van der Waals surface area contributed by atoms with Crippen LogP contribution in [0.3, 0.4) is 0 Å². The summed E-state index contributed by atoms with van der Waals surface area (Å²) in [5, 5.41) is 8.66. The van der Waals surface area contributed by atoms with Crippen LogP contribution in [0.1, 0.15) is 11.1 Å². The van der Waals surface area contributed by atoms with E-state index in [1.165, 1.54) is 0 Å². The molecule has 0 atom stereocenters. The number of aliphatic carboxylic acids is 1. The van der Waals surface area contributed by atoms with Gasteiger partial charge in [-0.15, -0.1) is 11.6 Å². The van der Waals surface area contributed by atoms with Crippen molar-refractivity contribution in [2.75, 3.05) is 5.43 Å². The van der Waals surface area contributed by atoms with Crippen LogP contribution >= 0.6 is 11.6 Å². The number of rotatable bonds is 4. The van der Waals surface area contributed by atoms with E-state index in [4.69, 9.17) is 22.6 Å². The van der Waals surface area contributed by atoms with Crippen LogP contribution < -0.4 is 11.3 Å². The Kier molecular flexibility index (Phi) is 3.73. The topological polar surface area (TPSA) is 75.3 Å². The van der Waals surface area contributed by atoms with Gasteiger partial charge >= 0.3 is 5.97 Å². The van der Waals surface area contributed by atoms with E-state index in [0.29, 0.717) is 17.1 Å². The van der Waals surface area contributed by atoms with Gasteiger partial charge in [-0.1, -0.05) is 6.07 Å². The van der Waals surface area contributed by atoms with Gasteiger partial charge in [-0.25, -0.2) is 0 Å². The Morgan fingerprint density at radius 1 is 1.50 bits per heavy atom. The van der Waals surface area contributed by atoms with Crippen LogP contribution in [-0.4, -0.2) is 11.1 Å². The summed E-state index contributed by atoms with van der Waals surface area (Å²) in [5.41, 5.74) is 4.63. The molecule has 1 rings (SSSR count). The minimum absolute atomic E-state index is 0.0441. The third-order valence-electron chi connectivity index (χ3n) is 1.86. The predicted molar refractivity (Wildman–Crippen MR) is 55.1 cm³/mol. The van der Waals surface area contributed by atoms with Gasteiger partial charge in [0.05, 0.1) is 6.42 Å². The first-order chi connectivity index (χ1) is 6.67. The molecule has 0 spiro atoms. The monoisotopic (exact) mass is 214 g/mol. The standard InChI is InChI=1S/C9H11ClN2O2/c10-5-6-1-2-8(12-11)3-7(6)4-9(13)14/h1-3,12H,4-5,11H2,(H,13,14). The highest BCUT2D eigenvalue weighted by Gasteiger charge is 2.06. The summed E-state index contributed by atoms with van der Waals surface area (Å²) < 4.78 is 0. The van der Waals surface area contributed by atoms with E-state index in [-0.39, 0.29) is 6.42 Å². The number of alkyl halides is 1. The maximum absolute atomic E-state index is 10.5. The van der Waals surface area contributed by atoms with Crippen LogP contribution in [0.4, 0.5) is 5.69 Å². The molecule has 4 nitrogen and oxygen atoms in total. The fraction of sp³-hybridized carbons (Fsp3) is 0.222. The van der Waals surface area contributed by atoms with Crippen LogP contribution in [0.5, 0.6) is 0 Å². The molecule has 1 aromatic rings. The van der Waals surface area contributed by atoms with Gasteiger partial charge in [0.15, 0.2) is 0 Å². The zero-order valence-corrected chi connectivity index (χ0v) is 8.21. The molecule has 0 amide bonds. The Labute approximate surface area is 86.6 Å². The van der Waals surface area contributed by atoms with E-state index < -0.39 is 5.97 Å². The number of hydrogen-bond donors (Lipinski definition) is 3. The molecule has 76 valence electrons. The molecule has 4 N–H and O–H groups in total. The zero-order chi connectivity index (χ0) is 10.6. The number of hydrazine groups is 1. The minimum Gasteiger partial charge on any atom is -0.481 e. The van der Waals surface area contributed by atoms with Crippen molar-refractivity contribution in [1.29, 1.82) is 0 Å². The lowest BCUT2D eigenvalue weighted by atomic mass is 10.1. The van der Waals surface area contributed by atoms with Crippen LogP contribution in [0.2, 0.25) is 0 Å². The molecule has 1 aromatic carbocycles. The third kappa shape index (κ3) is 2.61. The number of benzene rings is 1. The maximum atomic E-state index is 10.5. The minimum atomic E-state index is -0.884. The summed E-state index contributed by atoms with van der Waals surface area (Å²) in [7, 11) is 0. The molecule has 0 fully saturated rings. The van der Waals surface area contributed by atoms with Crippen molar-refractivity contribution in [2.45, 2.75) is 12.3 Å². The molecule has 0 aromatic heterocycles. The molecule has 0 bridgehead atoms. The molecule has 0 saturated heterocycles. The largest absolute Gasteiger partial charge is 0.481 e. The summed E-state index contributed by atoms with van der Waals surface area (Å²) >= 11 is 5.67. The molecule has 5 heteroatoms. The normalized spacial score (nSPS) is 9.86. The van der Waals surface area contributed by atoms with E-state index in [0.717, 1.165) is 5.56 Å². The number of nitrogens with two attached hydrogens (primary N) is 1. The SMILES string of the molecule is NNc1ccc(CCl)c(CC(=O)O)c1. The molecule has 0 unspecified atom stereocenters. The highest BCUT2D eigenvalue weighted by molar-refractivity contribution is 6.17. The number of carboxylic acids is 1. The summed E-state index contributed by atoms with van der Waals surface area (Å²) in [6.07, 6.45) is -0.0441. The molecular formula is C9H11ClN2O2. The van der Waals surface area contributed by atoms with Gasteiger partial charge in [0.2, 0.25) is 0 Å². The van der Waals surface area contributed by atoms with Gasteiger partial charge in [-0.2, -0.15) is 0 Å². The van der Waals surface area contributed by atoms with Gasteiger partial charge < -0.3 is 10.5 Å². The Bertz CT molecular complexity index is 342. The lowest BCUT2D eigenvalue weighted by Gasteiger charge is -2.07. The van der Waals surface area contributed by atoms with E-state index in [2.05, 4.69) is 5.43 Å². The summed E-state index contributed by atoms with van der Waals surface area (Å²) in [6.45, 7) is 0. The second-order valence-corrected chi connectivity index (χ2v) is 3.10. The Hall–Kier alpha value is -1.26. The number of halogens is 1. The van der Waals surface area contributed by atoms with Crippen LogP contribution in [0.25, 0.3) is 0 Å². The van der Waals surface area contributed by atoms with Gasteiger partial charge in [0, 0.05) is 11.6 Å². The van der Waals surface area contributed by atoms with Crippen molar-refractivity contribution in [2.24, 2.45) is 5.84 Å². The maximum Gasteiger partial charge on any atom is 0.307 e. The average Bonchev–Trinajstić information content (AvgIpc) is 2.16. The predicted octanol–water partition coefficient (Wildman–Crippen LogP) is 1.34. The van der Waals surface area contributed by atoms with E-state index in [1.807, 2.05) is 0 Å². The van der Waals surface area contributed by atoms with Crippen LogP contribution in [0, 0.1) is 0 Å². The number of carboxylic acid groups (broad SMARTS) is 1. The summed E-state index contributed by atoms with van der Waals surface area (Å²) in [6, 6.07) is 5.20. The van der Waals surface area contributed by atoms with E-state index in [9.17, 15) is 4.79 Å². The Balaban J connectivity index is 3.01. The molecule has 0 aliphatic rings. The lowest BCUT2D eigenvalue weighted by Crippen LogP contribution is -2.09. The molecule has 14 heavy (non-hydrogen) atoms. The van der Waals surface area contributed by atoms with Crippen LogP contribution in [0.15, 0.2) is 18.2 Å². The lowest BCUT2D eigenvalue weighted by molar-refractivity contribution is -0.136. The fourth-order valence-electron chi connectivity index (χ4n) is 1.17. The fourth-order valence-corrected chi connectivity index (χ4v) is 1.43. The summed E-state index contributed by atoms with van der Waals surface area (Å²) in [5.74, 6) is 4.63. The molecule has 0 aliphatic heterocycles. The van der Waals surface area contributed by atoms with Crippen molar-refractivity contribution in [3.05, 3.63) is 29.3 Å². The molecule has 0 saturated carbocycles. The smallest absolute Gasteiger partial charge is 0.307 e. The first kappa shape index (κ1) is 10.8. The number of nitrogen functional groups attached to an aromatic ring is 1. The number of nitrogens with one attached hydrogen (secondary N) is 1. The molecule has 0 aliphatic carbocycles. The Morgan fingerprint density at radius 3 is 2.71 bits per heavy atom. The second-order valence-electron chi connectivity index (χ2n) is 2.83. The number of carbonyl (C=O) groups is 1. The molecule has 0 radical (unpaired) electrons. The van der Waals surface area contributed by atoms with E-state index in [1.54, 1.807) is 18.2 Å². The van der Waals surface area contributed by atoms with Crippen LogP contribution in [-0.2, 0) is 17.1 Å². The highest BCUT2D eigenvalue weighted by atomic mass is 35.5. The van der Waals surface area contributed by atoms with Gasteiger partial charge in [0.25, 0.3) is 0 Å². The third-order valence-corrected chi connectivity index (χ3v) is 2.15. The Morgan fingerprint density at radius 2 is 2.21 bits per heavy atom. The molecule has 0 heterocycles. The molecular weight excluding hydrogens is 204 g/mol.